The molecule has 1 aromatic carbocycles. The first-order valence-corrected chi connectivity index (χ1v) is 12.7. The number of likely N-dealkylation sites (N-methyl/N-ethyl adjacent to an activating group) is 1. The molecule has 0 radical (unpaired) electrons. The highest BCUT2D eigenvalue weighted by atomic mass is 19.1. The number of ether oxygens (including phenoxy) is 2. The van der Waals surface area contributed by atoms with Crippen LogP contribution in [0.15, 0.2) is 23.0 Å². The maximum atomic E-state index is 15.5. The van der Waals surface area contributed by atoms with Gasteiger partial charge in [-0.05, 0) is 52.9 Å². The lowest BCUT2D eigenvalue weighted by molar-refractivity contribution is -0.172. The van der Waals surface area contributed by atoms with Crippen molar-refractivity contribution in [2.24, 2.45) is 5.73 Å². The van der Waals surface area contributed by atoms with Crippen LogP contribution < -0.4 is 16.0 Å². The minimum atomic E-state index is -1.94. The Morgan fingerprint density at radius 2 is 2.03 bits per heavy atom. The molecular formula is C28H31FN4O6. The second-order valence-corrected chi connectivity index (χ2v) is 11.0. The van der Waals surface area contributed by atoms with Crippen molar-refractivity contribution in [2.75, 3.05) is 20.7 Å². The number of hydrogen-bond donors (Lipinski definition) is 2. The van der Waals surface area contributed by atoms with Crippen LogP contribution in [-0.4, -0.2) is 57.7 Å². The summed E-state index contributed by atoms with van der Waals surface area (Å²) in [5.74, 6) is -2.28. The molecular weight excluding hydrogens is 507 g/mol. The zero-order chi connectivity index (χ0) is 28.4. The van der Waals surface area contributed by atoms with Crippen LogP contribution in [0.1, 0.15) is 49.4 Å². The lowest BCUT2D eigenvalue weighted by Gasteiger charge is -2.33. The van der Waals surface area contributed by atoms with Crippen LogP contribution in [0.4, 0.5) is 4.39 Å². The van der Waals surface area contributed by atoms with Crippen molar-refractivity contribution < 1.29 is 28.6 Å². The number of aromatic nitrogens is 2. The summed E-state index contributed by atoms with van der Waals surface area (Å²) in [6.07, 6.45) is 0.400. The Labute approximate surface area is 224 Å². The second kappa shape index (κ2) is 9.13. The number of halogens is 1. The van der Waals surface area contributed by atoms with Crippen molar-refractivity contribution >= 4 is 22.8 Å². The average molecular weight is 539 g/mol. The van der Waals surface area contributed by atoms with Gasteiger partial charge in [-0.25, -0.2) is 14.2 Å². The van der Waals surface area contributed by atoms with E-state index in [1.807, 2.05) is 38.9 Å². The Hall–Kier alpha value is -3.83. The van der Waals surface area contributed by atoms with Crippen molar-refractivity contribution in [2.45, 2.75) is 57.9 Å². The molecule has 39 heavy (non-hydrogen) atoms. The number of benzene rings is 1. The average Bonchev–Trinajstić information content (AvgIpc) is 3.22. The number of primary amides is 1. The maximum absolute atomic E-state index is 15.5. The smallest absolute Gasteiger partial charge is 0.343 e. The van der Waals surface area contributed by atoms with Crippen molar-refractivity contribution in [3.63, 3.8) is 0 Å². The summed E-state index contributed by atoms with van der Waals surface area (Å²) in [7, 11) is 3.83. The quantitative estimate of drug-likeness (QED) is 0.341. The molecule has 0 saturated carbocycles. The molecule has 0 aliphatic carbocycles. The van der Waals surface area contributed by atoms with E-state index >= 15 is 4.39 Å². The fourth-order valence-corrected chi connectivity index (χ4v) is 5.20. The van der Waals surface area contributed by atoms with Crippen LogP contribution in [0.3, 0.4) is 0 Å². The number of cyclic esters (lactones) is 1. The van der Waals surface area contributed by atoms with Gasteiger partial charge in [0.05, 0.1) is 29.0 Å². The highest BCUT2D eigenvalue weighted by Gasteiger charge is 2.45. The summed E-state index contributed by atoms with van der Waals surface area (Å²) in [6.45, 7) is 5.13. The Bertz CT molecular complexity index is 1610. The van der Waals surface area contributed by atoms with E-state index < -0.39 is 35.4 Å². The molecule has 1 amide bonds. The zero-order valence-corrected chi connectivity index (χ0v) is 22.6. The van der Waals surface area contributed by atoms with Crippen LogP contribution in [0.2, 0.25) is 0 Å². The number of esters is 1. The predicted molar refractivity (Wildman–Crippen MR) is 141 cm³/mol. The Balaban J connectivity index is 1.73. The second-order valence-electron chi connectivity index (χ2n) is 11.0. The molecule has 0 bridgehead atoms. The number of aliphatic hydroxyl groups is 1. The third-order valence-corrected chi connectivity index (χ3v) is 8.00. The standard InChI is InChI=1S/C28H31FN4O6/c1-6-28(37)18-8-21-23-14(11-33(21)25(35)17(18)12-39-26(28)36)7-15-16(10-27(2,3)32(4)5)24(38-13-22(30)34)19(29)9-20(15)31-23/h7-9,37H,6,10-13H2,1-5H3,(H2,30,34)/t28-/m0/s1. The lowest BCUT2D eigenvalue weighted by atomic mass is 9.86. The summed E-state index contributed by atoms with van der Waals surface area (Å²) >= 11 is 0. The first-order chi connectivity index (χ1) is 18.3. The fourth-order valence-electron chi connectivity index (χ4n) is 5.20. The van der Waals surface area contributed by atoms with Gasteiger partial charge in [0.1, 0.15) is 6.61 Å². The fraction of sp³-hybridized carbons (Fsp3) is 0.429. The summed E-state index contributed by atoms with van der Waals surface area (Å²) in [4.78, 5) is 44.1. The molecule has 0 unspecified atom stereocenters. The number of rotatable bonds is 7. The zero-order valence-electron chi connectivity index (χ0n) is 22.6. The largest absolute Gasteiger partial charge is 0.480 e. The molecule has 0 spiro atoms. The molecule has 11 heteroatoms. The van der Waals surface area contributed by atoms with Crippen molar-refractivity contribution in [1.82, 2.24) is 14.5 Å². The van der Waals surface area contributed by atoms with Crippen LogP contribution >= 0.6 is 0 Å². The third-order valence-electron chi connectivity index (χ3n) is 8.00. The van der Waals surface area contributed by atoms with Crippen LogP contribution in [-0.2, 0) is 39.5 Å². The molecule has 4 heterocycles. The van der Waals surface area contributed by atoms with Crippen LogP contribution in [0.25, 0.3) is 22.3 Å². The molecule has 2 aliphatic rings. The van der Waals surface area contributed by atoms with Gasteiger partial charge >= 0.3 is 5.97 Å². The van der Waals surface area contributed by atoms with Crippen LogP contribution in [0, 0.1) is 5.82 Å². The molecule has 5 rings (SSSR count). The monoisotopic (exact) mass is 538 g/mol. The van der Waals surface area contributed by atoms with Gasteiger partial charge in [-0.1, -0.05) is 6.92 Å². The predicted octanol–water partition coefficient (Wildman–Crippen LogP) is 1.97. The molecule has 10 nitrogen and oxygen atoms in total. The van der Waals surface area contributed by atoms with Gasteiger partial charge in [0.2, 0.25) is 0 Å². The highest BCUT2D eigenvalue weighted by Crippen LogP contribution is 2.41. The van der Waals surface area contributed by atoms with E-state index in [2.05, 4.69) is 0 Å². The summed E-state index contributed by atoms with van der Waals surface area (Å²) in [5, 5.41) is 11.7. The highest BCUT2D eigenvalue weighted by molar-refractivity contribution is 5.90. The summed E-state index contributed by atoms with van der Waals surface area (Å²) in [6, 6.07) is 4.70. The Morgan fingerprint density at radius 1 is 1.31 bits per heavy atom. The molecule has 2 aliphatic heterocycles. The van der Waals surface area contributed by atoms with E-state index in [1.165, 1.54) is 10.6 Å². The number of nitrogens with two attached hydrogens (primary N) is 1. The maximum Gasteiger partial charge on any atom is 0.343 e. The van der Waals surface area contributed by atoms with Gasteiger partial charge in [-0.15, -0.1) is 0 Å². The van der Waals surface area contributed by atoms with Gasteiger partial charge in [0.25, 0.3) is 11.5 Å². The molecule has 206 valence electrons. The number of amides is 1. The van der Waals surface area contributed by atoms with E-state index in [1.54, 1.807) is 13.0 Å². The summed E-state index contributed by atoms with van der Waals surface area (Å²) < 4.78 is 27.7. The van der Waals surface area contributed by atoms with Gasteiger partial charge in [0.15, 0.2) is 23.8 Å². The lowest BCUT2D eigenvalue weighted by Crippen LogP contribution is -2.44. The van der Waals surface area contributed by atoms with E-state index in [0.29, 0.717) is 39.8 Å². The van der Waals surface area contributed by atoms with Gasteiger partial charge in [-0.3, -0.25) is 9.59 Å². The molecule has 0 saturated heterocycles. The van der Waals surface area contributed by atoms with E-state index in [4.69, 9.17) is 20.2 Å². The van der Waals surface area contributed by atoms with Crippen molar-refractivity contribution in [3.8, 4) is 17.1 Å². The number of fused-ring (bicyclic) bond motifs is 5. The first kappa shape index (κ1) is 26.8. The van der Waals surface area contributed by atoms with E-state index in [9.17, 15) is 19.5 Å². The topological polar surface area (TPSA) is 137 Å². The first-order valence-electron chi connectivity index (χ1n) is 12.7. The Morgan fingerprint density at radius 3 is 2.67 bits per heavy atom. The molecule has 2 aromatic heterocycles. The van der Waals surface area contributed by atoms with E-state index in [0.717, 1.165) is 0 Å². The van der Waals surface area contributed by atoms with Gasteiger partial charge < -0.3 is 29.8 Å². The van der Waals surface area contributed by atoms with Crippen molar-refractivity contribution in [1.29, 1.82) is 0 Å². The third kappa shape index (κ3) is 4.16. The SMILES string of the molecule is CC[C@@]1(O)C(=O)OCc2c1cc1n(c2=O)Cc2cc3c(CC(C)(C)N(C)C)c(OCC(N)=O)c(F)cc3nc2-1. The number of hydrogen-bond acceptors (Lipinski definition) is 8. The normalized spacial score (nSPS) is 18.1. The number of carbonyl (C=O) groups is 2. The molecule has 3 N–H and O–H groups in total. The molecule has 3 aromatic rings. The van der Waals surface area contributed by atoms with Gasteiger partial charge in [-0.2, -0.15) is 0 Å². The van der Waals surface area contributed by atoms with Gasteiger partial charge in [0, 0.05) is 33.7 Å². The minimum Gasteiger partial charge on any atom is -0.480 e. The number of pyridine rings is 2. The minimum absolute atomic E-state index is 0.0318. The molecule has 1 atom stereocenters. The number of nitrogens with zero attached hydrogens (tertiary/aromatic N) is 3. The Kier molecular flexibility index (Phi) is 6.27. The van der Waals surface area contributed by atoms with Crippen LogP contribution in [0.5, 0.6) is 5.75 Å². The number of carbonyl (C=O) groups excluding carboxylic acids is 2. The molecule has 0 fully saturated rings. The van der Waals surface area contributed by atoms with Crippen molar-refractivity contribution in [3.05, 3.63) is 56.6 Å². The van der Waals surface area contributed by atoms with E-state index in [-0.39, 0.29) is 42.0 Å². The summed E-state index contributed by atoms with van der Waals surface area (Å²) in [5.41, 5.74) is 5.44.